The van der Waals surface area contributed by atoms with E-state index in [-0.39, 0.29) is 28.3 Å². The van der Waals surface area contributed by atoms with Gasteiger partial charge in [-0.15, -0.1) is 0 Å². The first-order chi connectivity index (χ1) is 11.5. The largest absolute Gasteiger partial charge is 0.504 e. The summed E-state index contributed by atoms with van der Waals surface area (Å²) in [5.74, 6) is -0.0181. The van der Waals surface area contributed by atoms with E-state index in [1.54, 1.807) is 0 Å². The third kappa shape index (κ3) is 2.88. The third-order valence-corrected chi connectivity index (χ3v) is 5.25. The fourth-order valence-corrected chi connectivity index (χ4v) is 3.62. The summed E-state index contributed by atoms with van der Waals surface area (Å²) in [4.78, 5) is 11.2. The highest BCUT2D eigenvalue weighted by molar-refractivity contribution is 5.90. The minimum absolute atomic E-state index is 0.00452. The summed E-state index contributed by atoms with van der Waals surface area (Å²) in [6.45, 7) is 10.6. The maximum absolute atomic E-state index is 11.2. The van der Waals surface area contributed by atoms with Crippen LogP contribution >= 0.6 is 0 Å². The van der Waals surface area contributed by atoms with Gasteiger partial charge in [-0.1, -0.05) is 33.8 Å². The van der Waals surface area contributed by atoms with Crippen LogP contribution in [0.3, 0.4) is 0 Å². The number of aromatic hydroxyl groups is 1. The Balaban J connectivity index is 2.11. The number of amides is 1. The van der Waals surface area contributed by atoms with Crippen LogP contribution in [0, 0.1) is 6.92 Å². The Morgan fingerprint density at radius 3 is 2.44 bits per heavy atom. The van der Waals surface area contributed by atoms with Gasteiger partial charge in [0.2, 0.25) is 0 Å². The summed E-state index contributed by atoms with van der Waals surface area (Å²) in [7, 11) is 0. The van der Waals surface area contributed by atoms with E-state index in [0.717, 1.165) is 29.5 Å². The number of phenols is 1. The maximum Gasteiger partial charge on any atom is 0.290 e. The minimum atomic E-state index is -0.663. The van der Waals surface area contributed by atoms with Crippen LogP contribution in [0.4, 0.5) is 0 Å². The number of primary amides is 1. The lowest BCUT2D eigenvalue weighted by Crippen LogP contribution is -2.34. The predicted molar refractivity (Wildman–Crippen MR) is 95.4 cm³/mol. The van der Waals surface area contributed by atoms with Gasteiger partial charge in [-0.05, 0) is 47.8 Å². The van der Waals surface area contributed by atoms with Crippen LogP contribution in [-0.2, 0) is 10.8 Å². The van der Waals surface area contributed by atoms with Gasteiger partial charge in [0.05, 0.1) is 0 Å². The van der Waals surface area contributed by atoms with Gasteiger partial charge in [0.1, 0.15) is 0 Å². The third-order valence-electron chi connectivity index (χ3n) is 5.25. The molecule has 3 rings (SSSR count). The number of aryl methyl sites for hydroxylation is 1. The second-order valence-electron chi connectivity index (χ2n) is 8.15. The molecule has 1 aliphatic carbocycles. The average molecular weight is 343 g/mol. The fourth-order valence-electron chi connectivity index (χ4n) is 3.62. The molecule has 0 spiro atoms. The van der Waals surface area contributed by atoms with Gasteiger partial charge < -0.3 is 20.0 Å². The maximum atomic E-state index is 11.2. The summed E-state index contributed by atoms with van der Waals surface area (Å²) >= 11 is 0. The number of nitrogens with two attached hydrogens (primary N) is 1. The summed E-state index contributed by atoms with van der Waals surface area (Å²) < 4.78 is 11.1. The molecule has 0 bridgehead atoms. The molecule has 0 aliphatic heterocycles. The van der Waals surface area contributed by atoms with Gasteiger partial charge in [-0.3, -0.25) is 4.79 Å². The van der Waals surface area contributed by atoms with E-state index >= 15 is 0 Å². The van der Waals surface area contributed by atoms with Crippen molar-refractivity contribution in [3.05, 3.63) is 40.6 Å². The first-order valence-electron chi connectivity index (χ1n) is 8.48. The number of benzene rings is 1. The number of hydrogen-bond donors (Lipinski definition) is 2. The summed E-state index contributed by atoms with van der Waals surface area (Å²) in [6, 6.07) is 5.06. The van der Waals surface area contributed by atoms with Crippen molar-refractivity contribution in [2.45, 2.75) is 58.3 Å². The molecule has 0 unspecified atom stereocenters. The van der Waals surface area contributed by atoms with Crippen molar-refractivity contribution >= 4 is 5.91 Å². The zero-order chi connectivity index (χ0) is 18.6. The van der Waals surface area contributed by atoms with Gasteiger partial charge >= 0.3 is 0 Å². The molecular weight excluding hydrogens is 318 g/mol. The van der Waals surface area contributed by atoms with Crippen molar-refractivity contribution in [3.8, 4) is 17.4 Å². The number of fused-ring (bicyclic) bond motifs is 1. The molecule has 1 aliphatic rings. The van der Waals surface area contributed by atoms with E-state index < -0.39 is 5.91 Å². The number of ether oxygens (including phenoxy) is 1. The topological polar surface area (TPSA) is 85.7 Å². The van der Waals surface area contributed by atoms with Crippen LogP contribution in [0.15, 0.2) is 22.6 Å². The van der Waals surface area contributed by atoms with Crippen LogP contribution in [0.5, 0.6) is 17.4 Å². The van der Waals surface area contributed by atoms with Crippen molar-refractivity contribution in [3.63, 3.8) is 0 Å². The summed E-state index contributed by atoms with van der Waals surface area (Å²) in [5, 5.41) is 11.0. The highest BCUT2D eigenvalue weighted by Crippen LogP contribution is 2.53. The average Bonchev–Trinajstić information content (AvgIpc) is 2.96. The Morgan fingerprint density at radius 1 is 1.20 bits per heavy atom. The van der Waals surface area contributed by atoms with E-state index in [0.29, 0.717) is 5.75 Å². The SMILES string of the molecule is Cc1cc2c(c(O)c1Oc1ccc(C(N)=O)o1)C(C)(C)CCC2(C)C. The van der Waals surface area contributed by atoms with Crippen molar-refractivity contribution in [1.29, 1.82) is 0 Å². The fraction of sp³-hybridized carbons (Fsp3) is 0.450. The molecule has 1 heterocycles. The normalized spacial score (nSPS) is 17.8. The van der Waals surface area contributed by atoms with E-state index in [1.165, 1.54) is 12.1 Å². The Bertz CT molecular complexity index is 846. The molecule has 2 aromatic rings. The first kappa shape index (κ1) is 17.4. The predicted octanol–water partition coefficient (Wildman–Crippen LogP) is 4.53. The van der Waals surface area contributed by atoms with Crippen LogP contribution < -0.4 is 10.5 Å². The number of carbonyl (C=O) groups excluding carboxylic acids is 1. The van der Waals surface area contributed by atoms with Crippen LogP contribution in [0.25, 0.3) is 0 Å². The van der Waals surface area contributed by atoms with Crippen LogP contribution in [0.1, 0.15) is 67.8 Å². The zero-order valence-corrected chi connectivity index (χ0v) is 15.4. The lowest BCUT2D eigenvalue weighted by atomic mass is 9.62. The van der Waals surface area contributed by atoms with Crippen molar-refractivity contribution in [2.75, 3.05) is 0 Å². The van der Waals surface area contributed by atoms with Gasteiger partial charge in [0, 0.05) is 11.6 Å². The molecule has 1 aromatic heterocycles. The lowest BCUT2D eigenvalue weighted by Gasteiger charge is -2.42. The molecule has 5 heteroatoms. The lowest BCUT2D eigenvalue weighted by molar-refractivity contribution is 0.0969. The molecule has 3 N–H and O–H groups in total. The first-order valence-corrected chi connectivity index (χ1v) is 8.48. The monoisotopic (exact) mass is 343 g/mol. The second-order valence-corrected chi connectivity index (χ2v) is 8.15. The van der Waals surface area contributed by atoms with Gasteiger partial charge in [-0.25, -0.2) is 0 Å². The van der Waals surface area contributed by atoms with E-state index in [1.807, 2.05) is 6.92 Å². The number of phenolic OH excluding ortho intramolecular Hbond substituents is 1. The quantitative estimate of drug-likeness (QED) is 0.857. The van der Waals surface area contributed by atoms with Crippen LogP contribution in [-0.4, -0.2) is 11.0 Å². The minimum Gasteiger partial charge on any atom is -0.504 e. The Morgan fingerprint density at radius 2 is 1.84 bits per heavy atom. The van der Waals surface area contributed by atoms with Crippen LogP contribution in [0.2, 0.25) is 0 Å². The standard InChI is InChI=1S/C20H25NO4/c1-11-10-12-15(20(4,5)9-8-19(12,2)3)16(22)17(11)25-14-7-6-13(24-14)18(21)23/h6-7,10,22H,8-9H2,1-5H3,(H2,21,23). The Hall–Kier alpha value is -2.43. The molecule has 5 nitrogen and oxygen atoms in total. The molecule has 134 valence electrons. The van der Waals surface area contributed by atoms with Gasteiger partial charge in [0.15, 0.2) is 17.3 Å². The molecule has 0 saturated heterocycles. The smallest absolute Gasteiger partial charge is 0.290 e. The Kier molecular flexibility index (Phi) is 3.86. The van der Waals surface area contributed by atoms with Gasteiger partial charge in [-0.2, -0.15) is 0 Å². The number of rotatable bonds is 3. The summed E-state index contributed by atoms with van der Waals surface area (Å²) in [5.41, 5.74) is 7.94. The molecule has 0 saturated carbocycles. The second kappa shape index (κ2) is 5.55. The molecule has 0 radical (unpaired) electrons. The molecule has 0 atom stereocenters. The molecule has 0 fully saturated rings. The summed E-state index contributed by atoms with van der Waals surface area (Å²) in [6.07, 6.45) is 2.04. The van der Waals surface area contributed by atoms with E-state index in [2.05, 4.69) is 33.8 Å². The highest BCUT2D eigenvalue weighted by atomic mass is 16.6. The zero-order valence-electron chi connectivity index (χ0n) is 15.4. The number of carbonyl (C=O) groups is 1. The molecule has 25 heavy (non-hydrogen) atoms. The number of hydrogen-bond acceptors (Lipinski definition) is 4. The van der Waals surface area contributed by atoms with E-state index in [9.17, 15) is 9.90 Å². The van der Waals surface area contributed by atoms with E-state index in [4.69, 9.17) is 14.9 Å². The highest BCUT2D eigenvalue weighted by Gasteiger charge is 2.40. The van der Waals surface area contributed by atoms with Crippen molar-refractivity contribution in [2.24, 2.45) is 5.73 Å². The molecule has 1 amide bonds. The van der Waals surface area contributed by atoms with Crippen molar-refractivity contribution in [1.82, 2.24) is 0 Å². The number of furan rings is 1. The molecule has 1 aromatic carbocycles. The Labute approximate surface area is 147 Å². The van der Waals surface area contributed by atoms with Gasteiger partial charge in [0.25, 0.3) is 11.9 Å². The molecular formula is C20H25NO4. The van der Waals surface area contributed by atoms with Crippen molar-refractivity contribution < 1.29 is 19.1 Å².